The fraction of sp³-hybridized carbons (Fsp3) is 0.263. The van der Waals surface area contributed by atoms with Gasteiger partial charge in [-0.05, 0) is 44.6 Å². The number of hydrogen-bond donors (Lipinski definition) is 1. The van der Waals surface area contributed by atoms with Crippen molar-refractivity contribution in [3.63, 3.8) is 0 Å². The van der Waals surface area contributed by atoms with Crippen LogP contribution in [0.15, 0.2) is 41.8 Å². The molecule has 0 aliphatic rings. The number of aryl methyl sites for hydroxylation is 1. The predicted molar refractivity (Wildman–Crippen MR) is 110 cm³/mol. The van der Waals surface area contributed by atoms with Crippen molar-refractivity contribution in [1.29, 1.82) is 0 Å². The number of carbonyl (C=O) groups excluding carboxylic acids is 1. The summed E-state index contributed by atoms with van der Waals surface area (Å²) in [4.78, 5) is 21.2. The standard InChI is InChI=1S/C19H20ClN3OS2/c1-12-17(26-19(22-12)13-6-4-7-14(20)10-13)18(24)21-11-15(23(2)3)16-8-5-9-25-16/h4-10,15H,11H2,1-3H3,(H,21,24). The molecule has 0 fully saturated rings. The minimum absolute atomic E-state index is 0.0864. The van der Waals surface area contributed by atoms with Crippen molar-refractivity contribution in [1.82, 2.24) is 15.2 Å². The molecule has 7 heteroatoms. The molecule has 1 N–H and O–H groups in total. The van der Waals surface area contributed by atoms with E-state index in [1.165, 1.54) is 16.2 Å². The Hall–Kier alpha value is -1.73. The number of halogens is 1. The number of aromatic nitrogens is 1. The number of nitrogens with one attached hydrogen (secondary N) is 1. The Kier molecular flexibility index (Phi) is 6.09. The summed E-state index contributed by atoms with van der Waals surface area (Å²) in [5.41, 5.74) is 1.66. The Morgan fingerprint density at radius 1 is 1.31 bits per heavy atom. The highest BCUT2D eigenvalue weighted by molar-refractivity contribution is 7.17. The molecule has 0 saturated heterocycles. The van der Waals surface area contributed by atoms with Crippen LogP contribution in [0.1, 0.15) is 26.3 Å². The van der Waals surface area contributed by atoms with Crippen molar-refractivity contribution < 1.29 is 4.79 Å². The summed E-state index contributed by atoms with van der Waals surface area (Å²) < 4.78 is 0. The lowest BCUT2D eigenvalue weighted by atomic mass is 10.2. The van der Waals surface area contributed by atoms with Crippen molar-refractivity contribution in [2.24, 2.45) is 0 Å². The Bertz CT molecular complexity index is 890. The number of thiophene rings is 1. The van der Waals surface area contributed by atoms with E-state index >= 15 is 0 Å². The Morgan fingerprint density at radius 2 is 2.12 bits per heavy atom. The van der Waals surface area contributed by atoms with Crippen LogP contribution in [0.2, 0.25) is 5.02 Å². The van der Waals surface area contributed by atoms with E-state index < -0.39 is 0 Å². The summed E-state index contributed by atoms with van der Waals surface area (Å²) in [6.07, 6.45) is 0. The van der Waals surface area contributed by atoms with Crippen LogP contribution in [0.3, 0.4) is 0 Å². The van der Waals surface area contributed by atoms with Crippen LogP contribution < -0.4 is 5.32 Å². The molecule has 0 saturated carbocycles. The highest BCUT2D eigenvalue weighted by atomic mass is 35.5. The molecule has 4 nitrogen and oxygen atoms in total. The fourth-order valence-corrected chi connectivity index (χ4v) is 4.73. The minimum Gasteiger partial charge on any atom is -0.349 e. The largest absolute Gasteiger partial charge is 0.349 e. The average Bonchev–Trinajstić information content (AvgIpc) is 3.24. The average molecular weight is 406 g/mol. The maximum Gasteiger partial charge on any atom is 0.263 e. The molecule has 1 aromatic carbocycles. The Labute approximate surface area is 166 Å². The van der Waals surface area contributed by atoms with Crippen molar-refractivity contribution >= 4 is 40.2 Å². The van der Waals surface area contributed by atoms with Gasteiger partial charge in [-0.15, -0.1) is 22.7 Å². The normalized spacial score (nSPS) is 12.3. The molecular formula is C19H20ClN3OS2. The van der Waals surface area contributed by atoms with Crippen molar-refractivity contribution in [2.75, 3.05) is 20.6 Å². The topological polar surface area (TPSA) is 45.2 Å². The molecule has 0 spiro atoms. The second-order valence-electron chi connectivity index (χ2n) is 6.15. The third kappa shape index (κ3) is 4.32. The minimum atomic E-state index is -0.0864. The number of hydrogen-bond acceptors (Lipinski definition) is 5. The number of carbonyl (C=O) groups is 1. The maximum atomic E-state index is 12.7. The van der Waals surface area contributed by atoms with Gasteiger partial charge in [-0.1, -0.05) is 29.8 Å². The van der Waals surface area contributed by atoms with Gasteiger partial charge in [-0.3, -0.25) is 4.79 Å². The highest BCUT2D eigenvalue weighted by Crippen LogP contribution is 2.29. The van der Waals surface area contributed by atoms with Gasteiger partial charge < -0.3 is 10.2 Å². The SMILES string of the molecule is Cc1nc(-c2cccc(Cl)c2)sc1C(=O)NCC(c1cccs1)N(C)C. The summed E-state index contributed by atoms with van der Waals surface area (Å²) in [6.45, 7) is 2.42. The van der Waals surface area contributed by atoms with Gasteiger partial charge in [-0.25, -0.2) is 4.98 Å². The molecule has 2 aromatic heterocycles. The number of thiazole rings is 1. The van der Waals surface area contributed by atoms with E-state index in [1.54, 1.807) is 11.3 Å². The lowest BCUT2D eigenvalue weighted by Crippen LogP contribution is -2.34. The molecule has 26 heavy (non-hydrogen) atoms. The molecule has 0 radical (unpaired) electrons. The summed E-state index contributed by atoms with van der Waals surface area (Å²) in [5, 5.41) is 6.57. The maximum absolute atomic E-state index is 12.7. The molecular weight excluding hydrogens is 386 g/mol. The summed E-state index contributed by atoms with van der Waals surface area (Å²) in [6, 6.07) is 11.8. The second kappa shape index (κ2) is 8.31. The molecule has 0 aliphatic heterocycles. The summed E-state index contributed by atoms with van der Waals surface area (Å²) in [5.74, 6) is -0.0864. The van der Waals surface area contributed by atoms with Gasteiger partial charge in [0.1, 0.15) is 9.88 Å². The lowest BCUT2D eigenvalue weighted by Gasteiger charge is -2.23. The lowest BCUT2D eigenvalue weighted by molar-refractivity contribution is 0.0945. The molecule has 0 aliphatic carbocycles. The van der Waals surface area contributed by atoms with Gasteiger partial charge in [0.2, 0.25) is 0 Å². The molecule has 3 rings (SSSR count). The van der Waals surface area contributed by atoms with Crippen LogP contribution in [0.25, 0.3) is 10.6 Å². The zero-order valence-electron chi connectivity index (χ0n) is 14.8. The summed E-state index contributed by atoms with van der Waals surface area (Å²) >= 11 is 9.15. The van der Waals surface area contributed by atoms with E-state index in [1.807, 2.05) is 51.4 Å². The second-order valence-corrected chi connectivity index (χ2v) is 8.56. The van der Waals surface area contributed by atoms with Crippen molar-refractivity contribution in [3.8, 4) is 10.6 Å². The van der Waals surface area contributed by atoms with E-state index in [-0.39, 0.29) is 11.9 Å². The van der Waals surface area contributed by atoms with Gasteiger partial charge in [0, 0.05) is 22.0 Å². The number of amides is 1. The van der Waals surface area contributed by atoms with Crippen LogP contribution in [0, 0.1) is 6.92 Å². The number of nitrogens with zero attached hydrogens (tertiary/aromatic N) is 2. The van der Waals surface area contributed by atoms with Gasteiger partial charge in [0.25, 0.3) is 5.91 Å². The number of benzene rings is 1. The molecule has 1 amide bonds. The van der Waals surface area contributed by atoms with Gasteiger partial charge in [0.15, 0.2) is 0 Å². The van der Waals surface area contributed by atoms with Crippen molar-refractivity contribution in [3.05, 3.63) is 62.2 Å². The smallest absolute Gasteiger partial charge is 0.263 e. The highest BCUT2D eigenvalue weighted by Gasteiger charge is 2.20. The number of rotatable bonds is 6. The number of likely N-dealkylation sites (N-methyl/N-ethyl adjacent to an activating group) is 1. The quantitative estimate of drug-likeness (QED) is 0.636. The molecule has 1 atom stereocenters. The first-order valence-corrected chi connectivity index (χ1v) is 10.2. The summed E-state index contributed by atoms with van der Waals surface area (Å²) in [7, 11) is 4.04. The van der Waals surface area contributed by atoms with Crippen LogP contribution in [0.4, 0.5) is 0 Å². The van der Waals surface area contributed by atoms with Crippen LogP contribution in [-0.2, 0) is 0 Å². The van der Waals surface area contributed by atoms with Crippen LogP contribution in [-0.4, -0.2) is 36.4 Å². The van der Waals surface area contributed by atoms with Crippen LogP contribution in [0.5, 0.6) is 0 Å². The van der Waals surface area contributed by atoms with E-state index in [0.717, 1.165) is 16.3 Å². The molecule has 3 aromatic rings. The van der Waals surface area contributed by atoms with Crippen molar-refractivity contribution in [2.45, 2.75) is 13.0 Å². The van der Waals surface area contributed by atoms with E-state index in [0.29, 0.717) is 16.4 Å². The molecule has 0 bridgehead atoms. The zero-order valence-corrected chi connectivity index (χ0v) is 17.2. The van der Waals surface area contributed by atoms with Crippen LogP contribution >= 0.6 is 34.3 Å². The molecule has 2 heterocycles. The fourth-order valence-electron chi connectivity index (χ4n) is 2.64. The first-order valence-electron chi connectivity index (χ1n) is 8.17. The zero-order chi connectivity index (χ0) is 18.7. The Morgan fingerprint density at radius 3 is 2.77 bits per heavy atom. The van der Waals surface area contributed by atoms with E-state index in [4.69, 9.17) is 11.6 Å². The molecule has 136 valence electrons. The van der Waals surface area contributed by atoms with Gasteiger partial charge in [0.05, 0.1) is 11.7 Å². The van der Waals surface area contributed by atoms with E-state index in [9.17, 15) is 4.79 Å². The first-order chi connectivity index (χ1) is 12.5. The van der Waals surface area contributed by atoms with Gasteiger partial charge in [-0.2, -0.15) is 0 Å². The van der Waals surface area contributed by atoms with E-state index in [2.05, 4.69) is 26.6 Å². The molecule has 1 unspecified atom stereocenters. The van der Waals surface area contributed by atoms with Gasteiger partial charge >= 0.3 is 0 Å². The first kappa shape index (κ1) is 19.0. The Balaban J connectivity index is 1.74. The third-order valence-electron chi connectivity index (χ3n) is 4.03. The monoisotopic (exact) mass is 405 g/mol. The third-order valence-corrected chi connectivity index (χ3v) is 6.44. The predicted octanol–water partition coefficient (Wildman–Crippen LogP) is 4.87.